The molecule has 31 heavy (non-hydrogen) atoms. The van der Waals surface area contributed by atoms with Crippen molar-refractivity contribution in [2.24, 2.45) is 0 Å². The third kappa shape index (κ3) is 6.20. The summed E-state index contributed by atoms with van der Waals surface area (Å²) in [6, 6.07) is 13.6. The van der Waals surface area contributed by atoms with Gasteiger partial charge in [0.1, 0.15) is 11.4 Å². The Bertz CT molecular complexity index is 916. The number of rotatable bonds is 3. The SMILES string of the molecule is CN(C(=O)Nc1ccc(-c2cccc(F)c2)cc1)C1CCN(C(=O)OC(C)(C)C)CC1. The van der Waals surface area contributed by atoms with E-state index in [4.69, 9.17) is 4.74 Å². The Kier molecular flexibility index (Phi) is 6.83. The Hall–Kier alpha value is -3.09. The fourth-order valence-corrected chi connectivity index (χ4v) is 3.55. The second-order valence-electron chi connectivity index (χ2n) is 8.83. The monoisotopic (exact) mass is 427 g/mol. The Labute approximate surface area is 183 Å². The van der Waals surface area contributed by atoms with Crippen LogP contribution in [0.15, 0.2) is 48.5 Å². The van der Waals surface area contributed by atoms with Gasteiger partial charge in [0.2, 0.25) is 0 Å². The lowest BCUT2D eigenvalue weighted by molar-refractivity contribution is 0.0174. The summed E-state index contributed by atoms with van der Waals surface area (Å²) in [6.07, 6.45) is 1.08. The molecule has 0 aromatic heterocycles. The van der Waals surface area contributed by atoms with Crippen LogP contribution < -0.4 is 5.32 Å². The largest absolute Gasteiger partial charge is 0.444 e. The number of nitrogens with one attached hydrogen (secondary N) is 1. The van der Waals surface area contributed by atoms with Crippen molar-refractivity contribution >= 4 is 17.8 Å². The normalized spacial score (nSPS) is 14.8. The smallest absolute Gasteiger partial charge is 0.410 e. The molecule has 1 fully saturated rings. The predicted octanol–water partition coefficient (Wildman–Crippen LogP) is 5.36. The minimum Gasteiger partial charge on any atom is -0.444 e. The van der Waals surface area contributed by atoms with Crippen LogP contribution in [0.25, 0.3) is 11.1 Å². The zero-order valence-corrected chi connectivity index (χ0v) is 18.5. The number of hydrogen-bond acceptors (Lipinski definition) is 3. The molecule has 3 rings (SSSR count). The van der Waals surface area contributed by atoms with Gasteiger partial charge in [0.25, 0.3) is 0 Å². The highest BCUT2D eigenvalue weighted by atomic mass is 19.1. The molecule has 0 saturated carbocycles. The van der Waals surface area contributed by atoms with E-state index in [1.165, 1.54) is 12.1 Å². The summed E-state index contributed by atoms with van der Waals surface area (Å²) < 4.78 is 18.8. The molecule has 3 amide bonds. The highest BCUT2D eigenvalue weighted by Crippen LogP contribution is 2.23. The molecule has 7 heteroatoms. The number of benzene rings is 2. The van der Waals surface area contributed by atoms with E-state index in [1.54, 1.807) is 35.0 Å². The predicted molar refractivity (Wildman–Crippen MR) is 119 cm³/mol. The number of piperidine rings is 1. The zero-order valence-electron chi connectivity index (χ0n) is 18.5. The summed E-state index contributed by atoms with van der Waals surface area (Å²) in [6.45, 7) is 6.65. The van der Waals surface area contributed by atoms with Crippen molar-refractivity contribution < 1.29 is 18.7 Å². The highest BCUT2D eigenvalue weighted by Gasteiger charge is 2.30. The molecule has 0 spiro atoms. The van der Waals surface area contributed by atoms with E-state index in [9.17, 15) is 14.0 Å². The van der Waals surface area contributed by atoms with E-state index >= 15 is 0 Å². The van der Waals surface area contributed by atoms with Crippen molar-refractivity contribution in [2.75, 3.05) is 25.5 Å². The van der Waals surface area contributed by atoms with Gasteiger partial charge in [-0.1, -0.05) is 24.3 Å². The maximum atomic E-state index is 13.4. The summed E-state index contributed by atoms with van der Waals surface area (Å²) in [5.41, 5.74) is 1.81. The molecule has 0 aliphatic carbocycles. The molecule has 166 valence electrons. The van der Waals surface area contributed by atoms with Gasteiger partial charge in [-0.15, -0.1) is 0 Å². The maximum Gasteiger partial charge on any atom is 0.410 e. The van der Waals surface area contributed by atoms with Crippen LogP contribution in [0.3, 0.4) is 0 Å². The number of hydrogen-bond donors (Lipinski definition) is 1. The van der Waals surface area contributed by atoms with Crippen molar-refractivity contribution in [3.8, 4) is 11.1 Å². The summed E-state index contributed by atoms with van der Waals surface area (Å²) >= 11 is 0. The van der Waals surface area contributed by atoms with Gasteiger partial charge < -0.3 is 19.9 Å². The van der Waals surface area contributed by atoms with Crippen LogP contribution in [0.4, 0.5) is 19.7 Å². The minimum absolute atomic E-state index is 0.0465. The van der Waals surface area contributed by atoms with Gasteiger partial charge in [-0.3, -0.25) is 0 Å². The molecule has 1 N–H and O–H groups in total. The van der Waals surface area contributed by atoms with Crippen LogP contribution >= 0.6 is 0 Å². The lowest BCUT2D eigenvalue weighted by Crippen LogP contribution is -2.49. The van der Waals surface area contributed by atoms with Crippen LogP contribution in [0.2, 0.25) is 0 Å². The number of amides is 3. The molecule has 0 bridgehead atoms. The van der Waals surface area contributed by atoms with Gasteiger partial charge in [0.15, 0.2) is 0 Å². The van der Waals surface area contributed by atoms with E-state index in [0.29, 0.717) is 31.6 Å². The van der Waals surface area contributed by atoms with Crippen molar-refractivity contribution in [3.63, 3.8) is 0 Å². The molecule has 2 aromatic rings. The topological polar surface area (TPSA) is 61.9 Å². The number of likely N-dealkylation sites (tertiary alicyclic amines) is 1. The van der Waals surface area contributed by atoms with Crippen LogP contribution in [0.5, 0.6) is 0 Å². The summed E-state index contributed by atoms with van der Waals surface area (Å²) in [5, 5.41) is 2.90. The number of carbonyl (C=O) groups is 2. The number of nitrogens with zero attached hydrogens (tertiary/aromatic N) is 2. The number of halogens is 1. The fraction of sp³-hybridized carbons (Fsp3) is 0.417. The average Bonchev–Trinajstić information content (AvgIpc) is 2.72. The third-order valence-electron chi connectivity index (χ3n) is 5.28. The summed E-state index contributed by atoms with van der Waals surface area (Å²) in [4.78, 5) is 28.3. The summed E-state index contributed by atoms with van der Waals surface area (Å²) in [5.74, 6) is -0.283. The van der Waals surface area contributed by atoms with Gasteiger partial charge >= 0.3 is 12.1 Å². The highest BCUT2D eigenvalue weighted by molar-refractivity contribution is 5.89. The molecule has 1 saturated heterocycles. The number of anilines is 1. The minimum atomic E-state index is -0.519. The number of carbonyl (C=O) groups excluding carboxylic acids is 2. The summed E-state index contributed by atoms with van der Waals surface area (Å²) in [7, 11) is 1.77. The molecule has 0 unspecified atom stereocenters. The maximum absolute atomic E-state index is 13.4. The average molecular weight is 428 g/mol. The Morgan fingerprint density at radius 2 is 1.71 bits per heavy atom. The van der Waals surface area contributed by atoms with Gasteiger partial charge in [0.05, 0.1) is 0 Å². The van der Waals surface area contributed by atoms with Crippen molar-refractivity contribution in [1.29, 1.82) is 0 Å². The van der Waals surface area contributed by atoms with Gasteiger partial charge in [0, 0.05) is 31.9 Å². The Morgan fingerprint density at radius 1 is 1.06 bits per heavy atom. The van der Waals surface area contributed by atoms with Crippen LogP contribution in [-0.4, -0.2) is 53.7 Å². The van der Waals surface area contributed by atoms with E-state index < -0.39 is 5.60 Å². The first kappa shape index (κ1) is 22.6. The van der Waals surface area contributed by atoms with Crippen LogP contribution in [0.1, 0.15) is 33.6 Å². The lowest BCUT2D eigenvalue weighted by Gasteiger charge is -2.37. The zero-order chi connectivity index (χ0) is 22.6. The fourth-order valence-electron chi connectivity index (χ4n) is 3.55. The third-order valence-corrected chi connectivity index (χ3v) is 5.28. The van der Waals surface area contributed by atoms with Crippen LogP contribution in [0, 0.1) is 5.82 Å². The number of ether oxygens (including phenoxy) is 1. The Morgan fingerprint density at radius 3 is 2.29 bits per heavy atom. The second-order valence-corrected chi connectivity index (χ2v) is 8.83. The van der Waals surface area contributed by atoms with Crippen LogP contribution in [-0.2, 0) is 4.74 Å². The van der Waals surface area contributed by atoms with Crippen molar-refractivity contribution in [1.82, 2.24) is 9.80 Å². The van der Waals surface area contributed by atoms with E-state index in [-0.39, 0.29) is 24.0 Å². The first-order valence-electron chi connectivity index (χ1n) is 10.5. The first-order chi connectivity index (χ1) is 14.6. The van der Waals surface area contributed by atoms with Gasteiger partial charge in [-0.2, -0.15) is 0 Å². The molecule has 1 heterocycles. The molecule has 1 aliphatic rings. The molecule has 2 aromatic carbocycles. The van der Waals surface area contributed by atoms with E-state index in [0.717, 1.165) is 11.1 Å². The van der Waals surface area contributed by atoms with Gasteiger partial charge in [-0.05, 0) is 69.0 Å². The lowest BCUT2D eigenvalue weighted by atomic mass is 10.0. The van der Waals surface area contributed by atoms with E-state index in [1.807, 2.05) is 39.0 Å². The Balaban J connectivity index is 1.52. The number of urea groups is 1. The standard InChI is InChI=1S/C24H30FN3O3/c1-24(2,3)31-23(30)28-14-12-21(13-15-28)27(4)22(29)26-20-10-8-17(9-11-20)18-6-5-7-19(25)16-18/h5-11,16,21H,12-15H2,1-4H3,(H,26,29). The molecule has 0 radical (unpaired) electrons. The molecular formula is C24H30FN3O3. The molecule has 1 aliphatic heterocycles. The van der Waals surface area contributed by atoms with Crippen molar-refractivity contribution in [2.45, 2.75) is 45.3 Å². The first-order valence-corrected chi connectivity index (χ1v) is 10.5. The van der Waals surface area contributed by atoms with E-state index in [2.05, 4.69) is 5.32 Å². The quantitative estimate of drug-likeness (QED) is 0.718. The molecular weight excluding hydrogens is 397 g/mol. The van der Waals surface area contributed by atoms with Gasteiger partial charge in [-0.25, -0.2) is 14.0 Å². The second kappa shape index (κ2) is 9.37. The molecule has 6 nitrogen and oxygen atoms in total. The molecule has 0 atom stereocenters. The van der Waals surface area contributed by atoms with Crippen molar-refractivity contribution in [3.05, 3.63) is 54.3 Å².